The van der Waals surface area contributed by atoms with E-state index in [9.17, 15) is 14.7 Å². The lowest BCUT2D eigenvalue weighted by atomic mass is 10.0. The fraction of sp³-hybridized carbons (Fsp3) is 0.429. The molecule has 0 saturated carbocycles. The number of carbonyl (C=O) groups excluding carboxylic acids is 2. The van der Waals surface area contributed by atoms with E-state index in [1.54, 1.807) is 31.2 Å². The van der Waals surface area contributed by atoms with Crippen molar-refractivity contribution in [2.45, 2.75) is 26.4 Å². The fourth-order valence-electron chi connectivity index (χ4n) is 1.82. The second kappa shape index (κ2) is 7.53. The second-order valence-electron chi connectivity index (χ2n) is 4.74. The van der Waals surface area contributed by atoms with Gasteiger partial charge in [0.2, 0.25) is 6.41 Å². The molecule has 0 bridgehead atoms. The maximum Gasteiger partial charge on any atom is 0.251 e. The van der Waals surface area contributed by atoms with E-state index in [1.165, 1.54) is 0 Å². The zero-order chi connectivity index (χ0) is 14.3. The van der Waals surface area contributed by atoms with E-state index in [1.807, 2.05) is 6.92 Å². The van der Waals surface area contributed by atoms with Crippen LogP contribution in [-0.4, -0.2) is 30.1 Å². The van der Waals surface area contributed by atoms with Gasteiger partial charge in [-0.2, -0.15) is 0 Å². The van der Waals surface area contributed by atoms with Gasteiger partial charge in [0.05, 0.1) is 6.10 Å². The molecule has 2 amide bonds. The molecule has 5 heteroatoms. The van der Waals surface area contributed by atoms with Crippen LogP contribution in [0.3, 0.4) is 0 Å². The van der Waals surface area contributed by atoms with Gasteiger partial charge in [0.25, 0.3) is 5.91 Å². The van der Waals surface area contributed by atoms with Gasteiger partial charge in [-0.05, 0) is 43.5 Å². The van der Waals surface area contributed by atoms with Crippen molar-refractivity contribution in [3.63, 3.8) is 0 Å². The first kappa shape index (κ1) is 15.2. The molecule has 19 heavy (non-hydrogen) atoms. The molecule has 1 aromatic carbocycles. The standard InChI is InChI=1S/C14H20N2O3/c1-10(7-11(2)18)8-15-14(19)12-3-5-13(6-4-12)16-9-17/h3-6,9-11,18H,7-8H2,1-2H3,(H,15,19)(H,16,17). The Kier molecular flexibility index (Phi) is 6.02. The molecular formula is C14H20N2O3. The average molecular weight is 264 g/mol. The second-order valence-corrected chi connectivity index (χ2v) is 4.74. The summed E-state index contributed by atoms with van der Waals surface area (Å²) in [6.07, 6.45) is 0.885. The number of benzene rings is 1. The summed E-state index contributed by atoms with van der Waals surface area (Å²) in [6, 6.07) is 6.64. The van der Waals surface area contributed by atoms with E-state index in [0.29, 0.717) is 30.6 Å². The normalized spacial score (nSPS) is 13.4. The number of hydrogen-bond acceptors (Lipinski definition) is 3. The van der Waals surface area contributed by atoms with Crippen molar-refractivity contribution in [2.75, 3.05) is 11.9 Å². The first-order valence-electron chi connectivity index (χ1n) is 6.29. The highest BCUT2D eigenvalue weighted by atomic mass is 16.3. The molecule has 0 aliphatic rings. The van der Waals surface area contributed by atoms with Crippen LogP contribution in [0.2, 0.25) is 0 Å². The molecule has 0 aliphatic carbocycles. The maximum atomic E-state index is 11.8. The SMILES string of the molecule is CC(O)CC(C)CNC(=O)c1ccc(NC=O)cc1. The van der Waals surface area contributed by atoms with Gasteiger partial charge in [0.1, 0.15) is 0 Å². The van der Waals surface area contributed by atoms with Crippen LogP contribution < -0.4 is 10.6 Å². The molecule has 104 valence electrons. The zero-order valence-corrected chi connectivity index (χ0v) is 11.2. The van der Waals surface area contributed by atoms with Crippen LogP contribution in [0.15, 0.2) is 24.3 Å². The van der Waals surface area contributed by atoms with Crippen LogP contribution in [0.5, 0.6) is 0 Å². The summed E-state index contributed by atoms with van der Waals surface area (Å²) < 4.78 is 0. The molecule has 3 N–H and O–H groups in total. The third kappa shape index (κ3) is 5.52. The van der Waals surface area contributed by atoms with Gasteiger partial charge >= 0.3 is 0 Å². The molecule has 0 spiro atoms. The van der Waals surface area contributed by atoms with Crippen LogP contribution >= 0.6 is 0 Å². The number of hydrogen-bond donors (Lipinski definition) is 3. The Balaban J connectivity index is 2.47. The smallest absolute Gasteiger partial charge is 0.251 e. The highest BCUT2D eigenvalue weighted by Crippen LogP contribution is 2.09. The minimum Gasteiger partial charge on any atom is -0.393 e. The lowest BCUT2D eigenvalue weighted by Gasteiger charge is -2.14. The van der Waals surface area contributed by atoms with Gasteiger partial charge in [0.15, 0.2) is 0 Å². The molecular weight excluding hydrogens is 244 g/mol. The Morgan fingerprint density at radius 2 is 1.95 bits per heavy atom. The van der Waals surface area contributed by atoms with Crippen molar-refractivity contribution in [3.05, 3.63) is 29.8 Å². The third-order valence-corrected chi connectivity index (χ3v) is 2.73. The Morgan fingerprint density at radius 3 is 2.47 bits per heavy atom. The van der Waals surface area contributed by atoms with E-state index in [0.717, 1.165) is 0 Å². The van der Waals surface area contributed by atoms with Gasteiger partial charge in [-0.15, -0.1) is 0 Å². The molecule has 0 fully saturated rings. The summed E-state index contributed by atoms with van der Waals surface area (Å²) in [5.74, 6) is 0.0649. The number of anilines is 1. The number of aliphatic hydroxyl groups is 1. The minimum absolute atomic E-state index is 0.157. The number of nitrogens with one attached hydrogen (secondary N) is 2. The predicted octanol–water partition coefficient (Wildman–Crippen LogP) is 1.39. The summed E-state index contributed by atoms with van der Waals surface area (Å²) in [7, 11) is 0. The van der Waals surface area contributed by atoms with Crippen molar-refractivity contribution in [1.29, 1.82) is 0 Å². The molecule has 0 aliphatic heterocycles. The maximum absolute atomic E-state index is 11.8. The highest BCUT2D eigenvalue weighted by molar-refractivity contribution is 5.94. The van der Waals surface area contributed by atoms with E-state index in [2.05, 4.69) is 10.6 Å². The predicted molar refractivity (Wildman–Crippen MR) is 73.9 cm³/mol. The van der Waals surface area contributed by atoms with Crippen LogP contribution in [0.4, 0.5) is 5.69 Å². The van der Waals surface area contributed by atoms with Crippen molar-refractivity contribution in [2.24, 2.45) is 5.92 Å². The molecule has 1 aromatic rings. The van der Waals surface area contributed by atoms with E-state index in [-0.39, 0.29) is 17.9 Å². The van der Waals surface area contributed by atoms with Crippen LogP contribution in [0, 0.1) is 5.92 Å². The molecule has 0 aromatic heterocycles. The van der Waals surface area contributed by atoms with Crippen LogP contribution in [0.25, 0.3) is 0 Å². The number of carbonyl (C=O) groups is 2. The van der Waals surface area contributed by atoms with Crippen molar-refractivity contribution in [3.8, 4) is 0 Å². The van der Waals surface area contributed by atoms with E-state index in [4.69, 9.17) is 0 Å². The molecule has 0 heterocycles. The lowest BCUT2D eigenvalue weighted by molar-refractivity contribution is -0.105. The third-order valence-electron chi connectivity index (χ3n) is 2.73. The molecule has 2 unspecified atom stereocenters. The summed E-state index contributed by atoms with van der Waals surface area (Å²) in [5.41, 5.74) is 1.19. The van der Waals surface area contributed by atoms with E-state index < -0.39 is 0 Å². The Labute approximate surface area is 113 Å². The molecule has 0 radical (unpaired) electrons. The average Bonchev–Trinajstić information content (AvgIpc) is 2.36. The summed E-state index contributed by atoms with van der Waals surface area (Å²) in [6.45, 7) is 4.24. The van der Waals surface area contributed by atoms with Crippen molar-refractivity contribution in [1.82, 2.24) is 5.32 Å². The molecule has 5 nitrogen and oxygen atoms in total. The largest absolute Gasteiger partial charge is 0.393 e. The topological polar surface area (TPSA) is 78.4 Å². The first-order chi connectivity index (χ1) is 9.02. The Morgan fingerprint density at radius 1 is 1.32 bits per heavy atom. The number of amides is 2. The summed E-state index contributed by atoms with van der Waals surface area (Å²) in [4.78, 5) is 22.1. The number of rotatable bonds is 7. The minimum atomic E-state index is -0.361. The van der Waals surface area contributed by atoms with E-state index >= 15 is 0 Å². The summed E-state index contributed by atoms with van der Waals surface area (Å²) in [5, 5.41) is 14.6. The highest BCUT2D eigenvalue weighted by Gasteiger charge is 2.09. The Hall–Kier alpha value is -1.88. The van der Waals surface area contributed by atoms with Gasteiger partial charge in [-0.25, -0.2) is 0 Å². The van der Waals surface area contributed by atoms with Crippen LogP contribution in [-0.2, 0) is 4.79 Å². The van der Waals surface area contributed by atoms with Crippen molar-refractivity contribution >= 4 is 18.0 Å². The summed E-state index contributed by atoms with van der Waals surface area (Å²) >= 11 is 0. The molecule has 2 atom stereocenters. The Bertz CT molecular complexity index is 415. The van der Waals surface area contributed by atoms with Gasteiger partial charge in [0, 0.05) is 17.8 Å². The fourth-order valence-corrected chi connectivity index (χ4v) is 1.82. The van der Waals surface area contributed by atoms with Gasteiger partial charge < -0.3 is 15.7 Å². The van der Waals surface area contributed by atoms with Gasteiger partial charge in [-0.3, -0.25) is 9.59 Å². The number of aliphatic hydroxyl groups excluding tert-OH is 1. The lowest BCUT2D eigenvalue weighted by Crippen LogP contribution is -2.29. The molecule has 1 rings (SSSR count). The van der Waals surface area contributed by atoms with Crippen LogP contribution in [0.1, 0.15) is 30.6 Å². The van der Waals surface area contributed by atoms with Crippen molar-refractivity contribution < 1.29 is 14.7 Å². The quantitative estimate of drug-likeness (QED) is 0.651. The monoisotopic (exact) mass is 264 g/mol. The molecule has 0 saturated heterocycles. The first-order valence-corrected chi connectivity index (χ1v) is 6.29. The van der Waals surface area contributed by atoms with Gasteiger partial charge in [-0.1, -0.05) is 6.92 Å². The zero-order valence-electron chi connectivity index (χ0n) is 11.2.